The third-order valence-corrected chi connectivity index (χ3v) is 6.30. The lowest BCUT2D eigenvalue weighted by molar-refractivity contribution is 0.278. The zero-order valence-corrected chi connectivity index (χ0v) is 19.6. The van der Waals surface area contributed by atoms with Crippen LogP contribution in [0.5, 0.6) is 0 Å². The minimum Gasteiger partial charge on any atom is -0.385 e. The minimum absolute atomic E-state index is 0.634. The standard InChI is InChI=1S/C28H40N2/c1-7-10-11-18-29-28-21-27(15-13-23(28)5)24(6)30-19-16-26(17-20-30)22(4)12-14-25(8-2)9-3/h2,12-15,21,26,29H,6-7,9-11,16-20H2,1,3-5H3/b22-12+,25-14-. The predicted molar refractivity (Wildman–Crippen MR) is 133 cm³/mol. The Hall–Kier alpha value is -2.40. The van der Waals surface area contributed by atoms with Crippen LogP contribution >= 0.6 is 0 Å². The van der Waals surface area contributed by atoms with Crippen molar-refractivity contribution >= 4 is 11.4 Å². The maximum atomic E-state index is 5.55. The lowest BCUT2D eigenvalue weighted by Gasteiger charge is -2.35. The van der Waals surface area contributed by atoms with Gasteiger partial charge in [0, 0.05) is 36.6 Å². The molecule has 0 spiro atoms. The van der Waals surface area contributed by atoms with E-state index >= 15 is 0 Å². The summed E-state index contributed by atoms with van der Waals surface area (Å²) in [6.07, 6.45) is 16.9. The fourth-order valence-electron chi connectivity index (χ4n) is 4.01. The number of terminal acetylenes is 1. The van der Waals surface area contributed by atoms with Gasteiger partial charge in [-0.05, 0) is 62.6 Å². The van der Waals surface area contributed by atoms with Crippen LogP contribution in [0.4, 0.5) is 5.69 Å². The normalized spacial score (nSPS) is 15.8. The van der Waals surface area contributed by atoms with Gasteiger partial charge in [-0.3, -0.25) is 0 Å². The number of nitrogens with one attached hydrogen (secondary N) is 1. The summed E-state index contributed by atoms with van der Waals surface area (Å²) in [5.41, 5.74) is 7.43. The molecule has 1 heterocycles. The summed E-state index contributed by atoms with van der Waals surface area (Å²) >= 11 is 0. The molecule has 30 heavy (non-hydrogen) atoms. The minimum atomic E-state index is 0.634. The largest absolute Gasteiger partial charge is 0.385 e. The number of piperidine rings is 1. The van der Waals surface area contributed by atoms with Crippen LogP contribution in [0.15, 0.2) is 48.1 Å². The number of allylic oxidation sites excluding steroid dienone is 4. The second kappa shape index (κ2) is 12.3. The molecule has 0 radical (unpaired) electrons. The van der Waals surface area contributed by atoms with Crippen molar-refractivity contribution in [3.8, 4) is 12.3 Å². The van der Waals surface area contributed by atoms with E-state index in [-0.39, 0.29) is 0 Å². The third kappa shape index (κ3) is 6.84. The fraction of sp³-hybridized carbons (Fsp3) is 0.500. The van der Waals surface area contributed by atoms with E-state index in [1.807, 2.05) is 0 Å². The highest BCUT2D eigenvalue weighted by Gasteiger charge is 2.21. The molecule has 2 heteroatoms. The van der Waals surface area contributed by atoms with Crippen molar-refractivity contribution in [3.63, 3.8) is 0 Å². The molecule has 0 bridgehead atoms. The summed E-state index contributed by atoms with van der Waals surface area (Å²) in [5.74, 6) is 3.40. The van der Waals surface area contributed by atoms with Gasteiger partial charge in [0.15, 0.2) is 0 Å². The van der Waals surface area contributed by atoms with E-state index in [1.54, 1.807) is 0 Å². The van der Waals surface area contributed by atoms with Gasteiger partial charge in [-0.1, -0.05) is 69.0 Å². The van der Waals surface area contributed by atoms with Gasteiger partial charge in [0.25, 0.3) is 0 Å². The number of hydrogen-bond acceptors (Lipinski definition) is 2. The third-order valence-electron chi connectivity index (χ3n) is 6.30. The Kier molecular flexibility index (Phi) is 9.81. The molecule has 1 aliphatic rings. The smallest absolute Gasteiger partial charge is 0.0376 e. The van der Waals surface area contributed by atoms with Crippen molar-refractivity contribution in [2.75, 3.05) is 25.0 Å². The molecule has 0 unspecified atom stereocenters. The van der Waals surface area contributed by atoms with Crippen molar-refractivity contribution in [2.45, 2.75) is 66.2 Å². The van der Waals surface area contributed by atoms with E-state index in [1.165, 1.54) is 54.5 Å². The second-order valence-electron chi connectivity index (χ2n) is 8.47. The van der Waals surface area contributed by atoms with Gasteiger partial charge >= 0.3 is 0 Å². The first kappa shape index (κ1) is 23.9. The van der Waals surface area contributed by atoms with E-state index in [0.29, 0.717) is 5.92 Å². The summed E-state index contributed by atoms with van der Waals surface area (Å²) < 4.78 is 0. The van der Waals surface area contributed by atoms with Crippen LogP contribution in [0.2, 0.25) is 0 Å². The Labute approximate surface area is 185 Å². The molecule has 162 valence electrons. The van der Waals surface area contributed by atoms with E-state index in [2.05, 4.69) is 80.8 Å². The number of nitrogens with zero attached hydrogens (tertiary/aromatic N) is 1. The number of benzene rings is 1. The van der Waals surface area contributed by atoms with Crippen molar-refractivity contribution in [3.05, 3.63) is 59.2 Å². The molecule has 1 N–H and O–H groups in total. The highest BCUT2D eigenvalue weighted by molar-refractivity contribution is 5.67. The molecule has 2 rings (SSSR count). The molecule has 0 atom stereocenters. The fourth-order valence-corrected chi connectivity index (χ4v) is 4.01. The zero-order chi connectivity index (χ0) is 21.9. The lowest BCUT2D eigenvalue weighted by Crippen LogP contribution is -2.32. The molecular formula is C28H40N2. The SMILES string of the molecule is C#C/C(=C/C=C(\C)C1CCN(C(=C)c2ccc(C)c(NCCCCC)c2)CC1)CC. The monoisotopic (exact) mass is 404 g/mol. The van der Waals surface area contributed by atoms with Crippen LogP contribution in [-0.2, 0) is 0 Å². The van der Waals surface area contributed by atoms with E-state index in [4.69, 9.17) is 6.42 Å². The average molecular weight is 405 g/mol. The first-order valence-corrected chi connectivity index (χ1v) is 11.6. The molecule has 1 aromatic rings. The van der Waals surface area contributed by atoms with E-state index < -0.39 is 0 Å². The molecule has 0 aliphatic carbocycles. The van der Waals surface area contributed by atoms with Crippen LogP contribution in [0, 0.1) is 25.2 Å². The number of anilines is 1. The van der Waals surface area contributed by atoms with Gasteiger partial charge < -0.3 is 10.2 Å². The van der Waals surface area contributed by atoms with Gasteiger partial charge in [-0.15, -0.1) is 6.42 Å². The Bertz CT molecular complexity index is 798. The second-order valence-corrected chi connectivity index (χ2v) is 8.47. The highest BCUT2D eigenvalue weighted by atomic mass is 15.1. The van der Waals surface area contributed by atoms with E-state index in [0.717, 1.165) is 37.3 Å². The summed E-state index contributed by atoms with van der Waals surface area (Å²) in [5, 5.41) is 3.61. The first-order valence-electron chi connectivity index (χ1n) is 11.6. The van der Waals surface area contributed by atoms with Crippen LogP contribution < -0.4 is 5.32 Å². The molecule has 2 nitrogen and oxygen atoms in total. The summed E-state index contributed by atoms with van der Waals surface area (Å²) in [4.78, 5) is 2.45. The van der Waals surface area contributed by atoms with Crippen molar-refractivity contribution in [2.24, 2.45) is 5.92 Å². The molecule has 1 saturated heterocycles. The molecule has 0 amide bonds. The molecule has 1 aliphatic heterocycles. The van der Waals surface area contributed by atoms with Gasteiger partial charge in [-0.25, -0.2) is 0 Å². The number of unbranched alkanes of at least 4 members (excludes halogenated alkanes) is 2. The molecule has 1 aromatic carbocycles. The predicted octanol–water partition coefficient (Wildman–Crippen LogP) is 7.20. The maximum absolute atomic E-state index is 5.55. The quantitative estimate of drug-likeness (QED) is 0.252. The molecule has 0 aromatic heterocycles. The summed E-state index contributed by atoms with van der Waals surface area (Å²) in [7, 11) is 0. The first-order chi connectivity index (χ1) is 14.5. The Morgan fingerprint density at radius 3 is 2.60 bits per heavy atom. The summed E-state index contributed by atoms with van der Waals surface area (Å²) in [6.45, 7) is 16.4. The average Bonchev–Trinajstić information content (AvgIpc) is 2.78. The Balaban J connectivity index is 1.96. The molecular weight excluding hydrogens is 364 g/mol. The Morgan fingerprint density at radius 2 is 1.97 bits per heavy atom. The van der Waals surface area contributed by atoms with Gasteiger partial charge in [-0.2, -0.15) is 0 Å². The lowest BCUT2D eigenvalue weighted by atomic mass is 9.89. The number of rotatable bonds is 10. The van der Waals surface area contributed by atoms with Crippen LogP contribution in [0.1, 0.15) is 70.4 Å². The number of hydrogen-bond donors (Lipinski definition) is 1. The summed E-state index contributed by atoms with van der Waals surface area (Å²) in [6, 6.07) is 6.70. The van der Waals surface area contributed by atoms with Gasteiger partial charge in [0.2, 0.25) is 0 Å². The van der Waals surface area contributed by atoms with Crippen molar-refractivity contribution in [1.82, 2.24) is 4.90 Å². The molecule has 0 saturated carbocycles. The van der Waals surface area contributed by atoms with Gasteiger partial charge in [0.05, 0.1) is 0 Å². The zero-order valence-electron chi connectivity index (χ0n) is 19.6. The van der Waals surface area contributed by atoms with Crippen molar-refractivity contribution in [1.29, 1.82) is 0 Å². The van der Waals surface area contributed by atoms with Crippen LogP contribution in [0.3, 0.4) is 0 Å². The Morgan fingerprint density at radius 1 is 1.23 bits per heavy atom. The van der Waals surface area contributed by atoms with Crippen molar-refractivity contribution < 1.29 is 0 Å². The number of likely N-dealkylation sites (tertiary alicyclic amines) is 1. The van der Waals surface area contributed by atoms with Gasteiger partial charge in [0.1, 0.15) is 0 Å². The maximum Gasteiger partial charge on any atom is 0.0376 e. The van der Waals surface area contributed by atoms with Crippen LogP contribution in [-0.4, -0.2) is 24.5 Å². The molecule has 1 fully saturated rings. The number of aryl methyl sites for hydroxylation is 1. The highest BCUT2D eigenvalue weighted by Crippen LogP contribution is 2.30. The van der Waals surface area contributed by atoms with Crippen LogP contribution in [0.25, 0.3) is 5.70 Å². The van der Waals surface area contributed by atoms with E-state index in [9.17, 15) is 0 Å². The topological polar surface area (TPSA) is 15.3 Å².